The molecule has 9 nitrogen and oxygen atoms in total. The highest BCUT2D eigenvalue weighted by molar-refractivity contribution is 8.00. The molecule has 10 heteroatoms. The van der Waals surface area contributed by atoms with Gasteiger partial charge in [0.25, 0.3) is 11.8 Å². The molecule has 4 amide bonds. The number of hydrogen-bond acceptors (Lipinski definition) is 7. The average Bonchev–Trinajstić information content (AvgIpc) is 3.37. The summed E-state index contributed by atoms with van der Waals surface area (Å²) in [6.45, 7) is 2.71. The molecule has 246 valence electrons. The van der Waals surface area contributed by atoms with Gasteiger partial charge in [0.2, 0.25) is 11.8 Å². The number of unbranched alkanes of at least 4 members (excludes halogenated alkanes) is 1. The van der Waals surface area contributed by atoms with Crippen molar-refractivity contribution in [3.8, 4) is 5.75 Å². The zero-order chi connectivity index (χ0) is 34.0. The van der Waals surface area contributed by atoms with E-state index in [-0.39, 0.29) is 23.9 Å². The summed E-state index contributed by atoms with van der Waals surface area (Å²) in [5.74, 6) is -0.733. The third-order valence-electron chi connectivity index (χ3n) is 7.61. The number of nitrogens with zero attached hydrogens (tertiary/aromatic N) is 2. The molecule has 4 aromatic rings. The lowest BCUT2D eigenvalue weighted by atomic mass is 10.1. The maximum Gasteiger partial charge on any atom is 0.272 e. The molecule has 1 aliphatic heterocycles. The molecule has 48 heavy (non-hydrogen) atoms. The fraction of sp³-hybridized carbons (Fsp3) is 0.211. The van der Waals surface area contributed by atoms with Gasteiger partial charge in [-0.2, -0.15) is 0 Å². The number of imide groups is 1. The Hall–Kier alpha value is -5.35. The van der Waals surface area contributed by atoms with Crippen molar-refractivity contribution in [1.29, 1.82) is 0 Å². The van der Waals surface area contributed by atoms with Crippen LogP contribution in [0, 0.1) is 0 Å². The van der Waals surface area contributed by atoms with Gasteiger partial charge < -0.3 is 20.3 Å². The van der Waals surface area contributed by atoms with Gasteiger partial charge in [-0.1, -0.05) is 43.7 Å². The van der Waals surface area contributed by atoms with Crippen LogP contribution in [0.15, 0.2) is 114 Å². The molecule has 0 aromatic heterocycles. The molecule has 0 aliphatic carbocycles. The number of hydrogen-bond donors (Lipinski definition) is 2. The number of carbonyl (C=O) groups is 4. The number of benzene rings is 4. The van der Waals surface area contributed by atoms with E-state index in [1.807, 2.05) is 49.3 Å². The molecule has 5 rings (SSSR count). The minimum Gasteiger partial charge on any atom is -0.494 e. The van der Waals surface area contributed by atoms with Gasteiger partial charge in [-0.25, -0.2) is 4.90 Å². The van der Waals surface area contributed by atoms with E-state index in [9.17, 15) is 19.2 Å². The Morgan fingerprint density at radius 2 is 1.60 bits per heavy atom. The fourth-order valence-corrected chi connectivity index (χ4v) is 6.00. The van der Waals surface area contributed by atoms with E-state index in [1.54, 1.807) is 78.9 Å². The molecule has 1 heterocycles. The van der Waals surface area contributed by atoms with Gasteiger partial charge in [-0.3, -0.25) is 19.2 Å². The van der Waals surface area contributed by atoms with Crippen LogP contribution in [0.3, 0.4) is 0 Å². The van der Waals surface area contributed by atoms with Crippen molar-refractivity contribution in [2.45, 2.75) is 36.3 Å². The Balaban J connectivity index is 1.24. The smallest absolute Gasteiger partial charge is 0.272 e. The van der Waals surface area contributed by atoms with Gasteiger partial charge in [-0.05, 0) is 90.9 Å². The van der Waals surface area contributed by atoms with Crippen molar-refractivity contribution in [1.82, 2.24) is 5.32 Å². The fourth-order valence-electron chi connectivity index (χ4n) is 4.95. The topological polar surface area (TPSA) is 108 Å². The maximum absolute atomic E-state index is 13.5. The van der Waals surface area contributed by atoms with Crippen LogP contribution in [0.4, 0.5) is 17.1 Å². The average molecular weight is 663 g/mol. The molecule has 4 aromatic carbocycles. The second-order valence-electron chi connectivity index (χ2n) is 11.4. The molecule has 1 aliphatic rings. The summed E-state index contributed by atoms with van der Waals surface area (Å²) in [5, 5.41) is 5.04. The van der Waals surface area contributed by atoms with Crippen LogP contribution >= 0.6 is 11.8 Å². The quantitative estimate of drug-likeness (QED) is 0.0925. The first-order valence-corrected chi connectivity index (χ1v) is 16.6. The van der Waals surface area contributed by atoms with Crippen molar-refractivity contribution in [3.05, 3.63) is 120 Å². The van der Waals surface area contributed by atoms with E-state index in [4.69, 9.17) is 4.74 Å². The van der Waals surface area contributed by atoms with E-state index < -0.39 is 17.1 Å². The van der Waals surface area contributed by atoms with Crippen LogP contribution in [0.25, 0.3) is 6.08 Å². The standard InChI is InChI=1S/C38H38N4O5S/c1-4-5-23-47-31-19-17-30(18-20-31)42-35(43)25-34(38(42)46)48-32-21-13-28(14-22-32)39-37(45)33(40-36(44)27-9-7-6-8-10-27)24-26-11-15-29(16-12-26)41(2)3/h6-22,24,34H,4-5,23,25H2,1-3H3,(H,39,45)(H,40,44)/b33-24-. The first-order valence-electron chi connectivity index (χ1n) is 15.7. The Morgan fingerprint density at radius 3 is 2.25 bits per heavy atom. The third-order valence-corrected chi connectivity index (χ3v) is 8.80. The molecular formula is C38H38N4O5S. The van der Waals surface area contributed by atoms with Crippen molar-refractivity contribution < 1.29 is 23.9 Å². The van der Waals surface area contributed by atoms with Crippen molar-refractivity contribution in [3.63, 3.8) is 0 Å². The first-order chi connectivity index (χ1) is 23.2. The molecular weight excluding hydrogens is 625 g/mol. The minimum absolute atomic E-state index is 0.0793. The zero-order valence-electron chi connectivity index (χ0n) is 27.1. The van der Waals surface area contributed by atoms with Crippen LogP contribution in [-0.2, 0) is 14.4 Å². The van der Waals surface area contributed by atoms with Gasteiger partial charge in [-0.15, -0.1) is 11.8 Å². The largest absolute Gasteiger partial charge is 0.494 e. The number of anilines is 3. The molecule has 1 atom stereocenters. The Labute approximate surface area is 285 Å². The lowest BCUT2D eigenvalue weighted by Gasteiger charge is -2.16. The van der Waals surface area contributed by atoms with Crippen LogP contribution in [-0.4, -0.2) is 49.6 Å². The molecule has 0 saturated carbocycles. The summed E-state index contributed by atoms with van der Waals surface area (Å²) in [5.41, 5.74) is 3.27. The van der Waals surface area contributed by atoms with E-state index >= 15 is 0 Å². The SMILES string of the molecule is CCCCOc1ccc(N2C(=O)CC(Sc3ccc(NC(=O)/C(=C/c4ccc(N(C)C)cc4)NC(=O)c4ccccc4)cc3)C2=O)cc1. The number of thioether (sulfide) groups is 1. The number of rotatable bonds is 13. The monoisotopic (exact) mass is 662 g/mol. The molecule has 0 radical (unpaired) electrons. The lowest BCUT2D eigenvalue weighted by molar-refractivity contribution is -0.121. The number of nitrogens with one attached hydrogen (secondary N) is 2. The van der Waals surface area contributed by atoms with E-state index in [0.29, 0.717) is 29.3 Å². The summed E-state index contributed by atoms with van der Waals surface area (Å²) < 4.78 is 5.70. The molecule has 1 saturated heterocycles. The lowest BCUT2D eigenvalue weighted by Crippen LogP contribution is -2.31. The Kier molecular flexibility index (Phi) is 11.3. The van der Waals surface area contributed by atoms with E-state index in [2.05, 4.69) is 17.6 Å². The Bertz CT molecular complexity index is 1770. The van der Waals surface area contributed by atoms with Crippen LogP contribution in [0.2, 0.25) is 0 Å². The highest BCUT2D eigenvalue weighted by atomic mass is 32.2. The van der Waals surface area contributed by atoms with Crippen molar-refractivity contribution in [2.24, 2.45) is 0 Å². The number of carbonyl (C=O) groups excluding carboxylic acids is 4. The van der Waals surface area contributed by atoms with Gasteiger partial charge in [0.15, 0.2) is 0 Å². The van der Waals surface area contributed by atoms with Gasteiger partial charge in [0, 0.05) is 42.3 Å². The van der Waals surface area contributed by atoms with Crippen molar-refractivity contribution >= 4 is 58.5 Å². The highest BCUT2D eigenvalue weighted by Crippen LogP contribution is 2.35. The number of amides is 4. The Morgan fingerprint density at radius 1 is 0.917 bits per heavy atom. The predicted molar refractivity (Wildman–Crippen MR) is 191 cm³/mol. The summed E-state index contributed by atoms with van der Waals surface area (Å²) >= 11 is 1.30. The van der Waals surface area contributed by atoms with E-state index in [1.165, 1.54) is 16.7 Å². The minimum atomic E-state index is -0.569. The van der Waals surface area contributed by atoms with Crippen LogP contribution < -0.4 is 25.2 Å². The molecule has 1 fully saturated rings. The van der Waals surface area contributed by atoms with Crippen LogP contribution in [0.1, 0.15) is 42.1 Å². The summed E-state index contributed by atoms with van der Waals surface area (Å²) in [4.78, 5) is 56.5. The van der Waals surface area contributed by atoms with Crippen LogP contribution in [0.5, 0.6) is 5.75 Å². The molecule has 0 bridgehead atoms. The third kappa shape index (κ3) is 8.71. The second kappa shape index (κ2) is 16.0. The summed E-state index contributed by atoms with van der Waals surface area (Å²) in [6, 6.07) is 30.3. The number of ether oxygens (including phenoxy) is 1. The molecule has 1 unspecified atom stereocenters. The summed E-state index contributed by atoms with van der Waals surface area (Å²) in [6.07, 6.45) is 3.70. The predicted octanol–water partition coefficient (Wildman–Crippen LogP) is 6.77. The van der Waals surface area contributed by atoms with Gasteiger partial charge in [0.1, 0.15) is 11.4 Å². The van der Waals surface area contributed by atoms with E-state index in [0.717, 1.165) is 29.0 Å². The normalized spacial score (nSPS) is 14.5. The maximum atomic E-state index is 13.5. The second-order valence-corrected chi connectivity index (χ2v) is 12.7. The highest BCUT2D eigenvalue weighted by Gasteiger charge is 2.40. The molecule has 2 N–H and O–H groups in total. The van der Waals surface area contributed by atoms with Gasteiger partial charge in [0.05, 0.1) is 17.5 Å². The molecule has 0 spiro atoms. The van der Waals surface area contributed by atoms with Crippen molar-refractivity contribution in [2.75, 3.05) is 35.8 Å². The first kappa shape index (κ1) is 34.0. The summed E-state index contributed by atoms with van der Waals surface area (Å²) in [7, 11) is 3.89. The zero-order valence-corrected chi connectivity index (χ0v) is 28.0. The van der Waals surface area contributed by atoms with Gasteiger partial charge >= 0.3 is 0 Å².